The van der Waals surface area contributed by atoms with E-state index in [0.29, 0.717) is 18.2 Å². The van der Waals surface area contributed by atoms with Gasteiger partial charge in [-0.3, -0.25) is 4.79 Å². The van der Waals surface area contributed by atoms with Crippen LogP contribution in [0.5, 0.6) is 0 Å². The molecule has 1 saturated heterocycles. The van der Waals surface area contributed by atoms with Crippen LogP contribution in [0.2, 0.25) is 0 Å². The van der Waals surface area contributed by atoms with Crippen molar-refractivity contribution < 1.29 is 9.90 Å². The van der Waals surface area contributed by atoms with Gasteiger partial charge in [0.2, 0.25) is 5.91 Å². The van der Waals surface area contributed by atoms with Crippen molar-refractivity contribution in [1.82, 2.24) is 4.90 Å². The molecule has 23 heavy (non-hydrogen) atoms. The van der Waals surface area contributed by atoms with Crippen LogP contribution < -0.4 is 5.73 Å². The number of likely N-dealkylation sites (tertiary alicyclic amines) is 1. The lowest BCUT2D eigenvalue weighted by Crippen LogP contribution is -2.50. The fourth-order valence-corrected chi connectivity index (χ4v) is 5.78. The summed E-state index contributed by atoms with van der Waals surface area (Å²) in [5.41, 5.74) is 6.24. The molecule has 0 bridgehead atoms. The normalized spacial score (nSPS) is 42.7. The minimum atomic E-state index is -0.575. The smallest absolute Gasteiger partial charge is 0.222 e. The molecular weight excluding hydrogens is 288 g/mol. The SMILES string of the molecule is CC1(O)CCC2(CCC(=O)N3CCCC3)C(N)CC(C)(C)C2C1. The van der Waals surface area contributed by atoms with Crippen molar-refractivity contribution in [3.63, 3.8) is 0 Å². The van der Waals surface area contributed by atoms with Crippen molar-refractivity contribution in [2.45, 2.75) is 83.8 Å². The molecule has 3 fully saturated rings. The quantitative estimate of drug-likeness (QED) is 0.839. The highest BCUT2D eigenvalue weighted by atomic mass is 16.3. The predicted octanol–water partition coefficient (Wildman–Crippen LogP) is 2.68. The lowest BCUT2D eigenvalue weighted by molar-refractivity contribution is -0.132. The topological polar surface area (TPSA) is 66.6 Å². The molecule has 0 aromatic carbocycles. The van der Waals surface area contributed by atoms with Gasteiger partial charge in [-0.2, -0.15) is 0 Å². The minimum absolute atomic E-state index is 0.0428. The minimum Gasteiger partial charge on any atom is -0.390 e. The number of fused-ring (bicyclic) bond motifs is 1. The van der Waals surface area contributed by atoms with Crippen LogP contribution in [0.1, 0.15) is 72.1 Å². The van der Waals surface area contributed by atoms with Crippen molar-refractivity contribution in [2.24, 2.45) is 22.5 Å². The van der Waals surface area contributed by atoms with Gasteiger partial charge in [0.25, 0.3) is 0 Å². The molecule has 4 heteroatoms. The van der Waals surface area contributed by atoms with E-state index in [1.165, 1.54) is 0 Å². The van der Waals surface area contributed by atoms with E-state index in [9.17, 15) is 9.90 Å². The first kappa shape index (κ1) is 17.2. The van der Waals surface area contributed by atoms with Crippen LogP contribution in [0.3, 0.4) is 0 Å². The molecule has 3 N–H and O–H groups in total. The van der Waals surface area contributed by atoms with Crippen LogP contribution in [-0.4, -0.2) is 40.6 Å². The van der Waals surface area contributed by atoms with Crippen molar-refractivity contribution in [3.05, 3.63) is 0 Å². The van der Waals surface area contributed by atoms with Gasteiger partial charge in [0.15, 0.2) is 0 Å². The largest absolute Gasteiger partial charge is 0.390 e. The van der Waals surface area contributed by atoms with Crippen LogP contribution in [0.25, 0.3) is 0 Å². The second-order valence-electron chi connectivity index (χ2n) is 9.37. The third-order valence-electron chi connectivity index (χ3n) is 7.16. The van der Waals surface area contributed by atoms with E-state index in [1.54, 1.807) is 0 Å². The Balaban J connectivity index is 1.75. The molecule has 4 unspecified atom stereocenters. The van der Waals surface area contributed by atoms with E-state index >= 15 is 0 Å². The Morgan fingerprint density at radius 2 is 1.83 bits per heavy atom. The first-order valence-corrected chi connectivity index (χ1v) is 9.42. The number of nitrogens with two attached hydrogens (primary N) is 1. The average molecular weight is 322 g/mol. The second kappa shape index (κ2) is 5.73. The number of amides is 1. The molecule has 2 saturated carbocycles. The molecule has 3 rings (SSSR count). The van der Waals surface area contributed by atoms with Gasteiger partial charge in [-0.05, 0) is 68.6 Å². The van der Waals surface area contributed by atoms with Gasteiger partial charge in [0, 0.05) is 25.6 Å². The molecule has 0 spiro atoms. The zero-order valence-corrected chi connectivity index (χ0v) is 15.1. The van der Waals surface area contributed by atoms with Crippen molar-refractivity contribution in [1.29, 1.82) is 0 Å². The highest BCUT2D eigenvalue weighted by molar-refractivity contribution is 5.76. The van der Waals surface area contributed by atoms with Gasteiger partial charge in [0.05, 0.1) is 5.60 Å². The number of rotatable bonds is 3. The number of carbonyl (C=O) groups excluding carboxylic acids is 1. The Labute approximate surface area is 140 Å². The molecule has 0 radical (unpaired) electrons. The Morgan fingerprint density at radius 3 is 2.48 bits per heavy atom. The number of hydrogen-bond acceptors (Lipinski definition) is 3. The maximum atomic E-state index is 12.5. The molecule has 3 aliphatic rings. The summed E-state index contributed by atoms with van der Waals surface area (Å²) >= 11 is 0. The molecule has 4 nitrogen and oxygen atoms in total. The summed E-state index contributed by atoms with van der Waals surface area (Å²) in [4.78, 5) is 14.5. The van der Waals surface area contributed by atoms with Crippen LogP contribution >= 0.6 is 0 Å². The first-order valence-electron chi connectivity index (χ1n) is 9.42. The highest BCUT2D eigenvalue weighted by Crippen LogP contribution is 2.63. The summed E-state index contributed by atoms with van der Waals surface area (Å²) in [6, 6.07) is 0.157. The van der Waals surface area contributed by atoms with E-state index in [-0.39, 0.29) is 16.9 Å². The van der Waals surface area contributed by atoms with E-state index in [4.69, 9.17) is 5.73 Å². The van der Waals surface area contributed by atoms with Gasteiger partial charge in [-0.25, -0.2) is 0 Å². The summed E-state index contributed by atoms with van der Waals surface area (Å²) in [5.74, 6) is 0.727. The summed E-state index contributed by atoms with van der Waals surface area (Å²) in [6.45, 7) is 8.42. The molecular formula is C19H34N2O2. The molecule has 2 aliphatic carbocycles. The monoisotopic (exact) mass is 322 g/mol. The number of aliphatic hydroxyl groups is 1. The van der Waals surface area contributed by atoms with Gasteiger partial charge in [-0.15, -0.1) is 0 Å². The fraction of sp³-hybridized carbons (Fsp3) is 0.947. The summed E-state index contributed by atoms with van der Waals surface area (Å²) in [6.07, 6.45) is 7.42. The third kappa shape index (κ3) is 3.05. The van der Waals surface area contributed by atoms with Crippen LogP contribution in [-0.2, 0) is 4.79 Å². The molecule has 0 aromatic rings. The number of nitrogens with zero attached hydrogens (tertiary/aromatic N) is 1. The first-order chi connectivity index (χ1) is 10.7. The Morgan fingerprint density at radius 1 is 1.17 bits per heavy atom. The Bertz CT molecular complexity index is 468. The van der Waals surface area contributed by atoms with Crippen molar-refractivity contribution >= 4 is 5.91 Å². The molecule has 1 amide bonds. The zero-order valence-electron chi connectivity index (χ0n) is 15.1. The van der Waals surface area contributed by atoms with Crippen molar-refractivity contribution in [3.8, 4) is 0 Å². The van der Waals surface area contributed by atoms with E-state index in [2.05, 4.69) is 13.8 Å². The summed E-state index contributed by atoms with van der Waals surface area (Å²) < 4.78 is 0. The molecule has 132 valence electrons. The zero-order chi connectivity index (χ0) is 16.9. The van der Waals surface area contributed by atoms with Crippen LogP contribution in [0.15, 0.2) is 0 Å². The lowest BCUT2D eigenvalue weighted by atomic mass is 9.57. The predicted molar refractivity (Wildman–Crippen MR) is 91.8 cm³/mol. The number of carbonyl (C=O) groups is 1. The van der Waals surface area contributed by atoms with Crippen LogP contribution in [0.4, 0.5) is 0 Å². The van der Waals surface area contributed by atoms with Gasteiger partial charge >= 0.3 is 0 Å². The van der Waals surface area contributed by atoms with Crippen LogP contribution in [0, 0.1) is 16.7 Å². The second-order valence-corrected chi connectivity index (χ2v) is 9.37. The van der Waals surface area contributed by atoms with Gasteiger partial charge in [0.1, 0.15) is 0 Å². The van der Waals surface area contributed by atoms with Gasteiger partial charge < -0.3 is 15.7 Å². The van der Waals surface area contributed by atoms with Crippen molar-refractivity contribution in [2.75, 3.05) is 13.1 Å². The number of hydrogen-bond donors (Lipinski definition) is 2. The van der Waals surface area contributed by atoms with E-state index < -0.39 is 5.60 Å². The molecule has 1 aliphatic heterocycles. The maximum absolute atomic E-state index is 12.5. The van der Waals surface area contributed by atoms with Gasteiger partial charge in [-0.1, -0.05) is 13.8 Å². The Kier molecular flexibility index (Phi) is 4.29. The Hall–Kier alpha value is -0.610. The van der Waals surface area contributed by atoms with E-state index in [1.807, 2.05) is 11.8 Å². The molecule has 1 heterocycles. The van der Waals surface area contributed by atoms with E-state index in [0.717, 1.165) is 58.0 Å². The average Bonchev–Trinajstić information content (AvgIpc) is 3.04. The lowest BCUT2D eigenvalue weighted by Gasteiger charge is -2.50. The maximum Gasteiger partial charge on any atom is 0.222 e. The third-order valence-corrected chi connectivity index (χ3v) is 7.16. The fourth-order valence-electron chi connectivity index (χ4n) is 5.78. The standard InChI is InChI=1S/C19H34N2O2/c1-17(2)13-15(20)19(9-8-18(3,23)12-14(17)19)7-6-16(22)21-10-4-5-11-21/h14-15,23H,4-13,20H2,1-3H3. The molecule has 4 atom stereocenters. The highest BCUT2D eigenvalue weighted by Gasteiger charge is 2.60. The summed E-state index contributed by atoms with van der Waals surface area (Å²) in [5, 5.41) is 10.6. The molecule has 0 aromatic heterocycles. The summed E-state index contributed by atoms with van der Waals surface area (Å²) in [7, 11) is 0.